The third-order valence-corrected chi connectivity index (χ3v) is 2.97. The molecule has 7 nitrogen and oxygen atoms in total. The van der Waals surface area contributed by atoms with E-state index in [2.05, 4.69) is 10.3 Å². The number of aliphatic hydroxyl groups excluding tert-OH is 2. The average Bonchev–Trinajstić information content (AvgIpc) is 2.86. The van der Waals surface area contributed by atoms with Crippen LogP contribution in [-0.4, -0.2) is 69.1 Å². The number of likely N-dealkylation sites (N-methyl/N-ethyl adjacent to an activating group) is 1. The molecule has 1 aromatic rings. The second-order valence-electron chi connectivity index (χ2n) is 4.48. The summed E-state index contributed by atoms with van der Waals surface area (Å²) in [5, 5.41) is 26.4. The van der Waals surface area contributed by atoms with Crippen molar-refractivity contribution in [1.29, 1.82) is 0 Å². The zero-order valence-electron chi connectivity index (χ0n) is 10.0. The van der Waals surface area contributed by atoms with Gasteiger partial charge in [-0.2, -0.15) is 0 Å². The van der Waals surface area contributed by atoms with Gasteiger partial charge in [-0.05, 0) is 14.1 Å². The van der Waals surface area contributed by atoms with Gasteiger partial charge in [-0.1, -0.05) is 5.21 Å². The fourth-order valence-electron chi connectivity index (χ4n) is 2.19. The van der Waals surface area contributed by atoms with Gasteiger partial charge in [-0.3, -0.25) is 0 Å². The van der Waals surface area contributed by atoms with Crippen molar-refractivity contribution in [3.8, 4) is 0 Å². The zero-order valence-corrected chi connectivity index (χ0v) is 10.0. The molecule has 1 saturated heterocycles. The Balaban J connectivity index is 2.02. The molecular formula is C10H18N4O3. The Hall–Kier alpha value is -1.02. The van der Waals surface area contributed by atoms with Crippen LogP contribution in [0.1, 0.15) is 5.69 Å². The molecule has 2 rings (SSSR count). The summed E-state index contributed by atoms with van der Waals surface area (Å²) in [6, 6.07) is -0.0447. The number of hydrogen-bond acceptors (Lipinski definition) is 6. The van der Waals surface area contributed by atoms with Gasteiger partial charge in [0, 0.05) is 0 Å². The summed E-state index contributed by atoms with van der Waals surface area (Å²) in [6.45, 7) is 0.743. The van der Waals surface area contributed by atoms with Crippen molar-refractivity contribution in [3.05, 3.63) is 11.9 Å². The summed E-state index contributed by atoms with van der Waals surface area (Å²) in [4.78, 5) is 1.95. The van der Waals surface area contributed by atoms with Crippen LogP contribution >= 0.6 is 0 Å². The predicted molar refractivity (Wildman–Crippen MR) is 59.2 cm³/mol. The summed E-state index contributed by atoms with van der Waals surface area (Å²) in [7, 11) is 3.83. The number of rotatable bonds is 4. The second-order valence-corrected chi connectivity index (χ2v) is 4.48. The van der Waals surface area contributed by atoms with Crippen LogP contribution in [0.15, 0.2) is 6.20 Å². The molecule has 1 aliphatic rings. The van der Waals surface area contributed by atoms with Gasteiger partial charge in [-0.25, -0.2) is 4.68 Å². The molecule has 17 heavy (non-hydrogen) atoms. The third kappa shape index (κ3) is 2.63. The Morgan fingerprint density at radius 3 is 2.94 bits per heavy atom. The lowest BCUT2D eigenvalue weighted by Crippen LogP contribution is -2.44. The maximum Gasteiger partial charge on any atom is 0.108 e. The van der Waals surface area contributed by atoms with E-state index in [1.54, 1.807) is 10.9 Å². The van der Waals surface area contributed by atoms with Crippen LogP contribution in [0.25, 0.3) is 0 Å². The van der Waals surface area contributed by atoms with Crippen LogP contribution < -0.4 is 0 Å². The lowest BCUT2D eigenvalue weighted by Gasteiger charge is -2.26. The Labute approximate surface area is 99.6 Å². The molecular weight excluding hydrogens is 224 g/mol. The number of hydrogen-bond donors (Lipinski definition) is 2. The van der Waals surface area contributed by atoms with Gasteiger partial charge in [0.25, 0.3) is 0 Å². The van der Waals surface area contributed by atoms with E-state index in [1.807, 2.05) is 19.0 Å². The van der Waals surface area contributed by atoms with Gasteiger partial charge >= 0.3 is 0 Å². The normalized spacial score (nSPS) is 29.1. The van der Waals surface area contributed by atoms with E-state index in [1.165, 1.54) is 0 Å². The van der Waals surface area contributed by atoms with Crippen LogP contribution in [0.5, 0.6) is 0 Å². The first-order valence-electron chi connectivity index (χ1n) is 5.57. The molecule has 0 spiro atoms. The molecule has 96 valence electrons. The molecule has 1 aromatic heterocycles. The maximum absolute atomic E-state index is 9.81. The minimum Gasteiger partial charge on any atom is -0.390 e. The van der Waals surface area contributed by atoms with Crippen LogP contribution in [0.3, 0.4) is 0 Å². The van der Waals surface area contributed by atoms with E-state index >= 15 is 0 Å². The summed E-state index contributed by atoms with van der Waals surface area (Å²) in [5.74, 6) is 0. The SMILES string of the molecule is CN(C)[C@@H]1[C@@H](O)CO[C@@H]1Cn1cc(CO)nn1. The minimum absolute atomic E-state index is 0.0447. The minimum atomic E-state index is -0.476. The Bertz CT molecular complexity index is 368. The first-order chi connectivity index (χ1) is 8.11. The second kappa shape index (κ2) is 5.09. The molecule has 7 heteroatoms. The third-order valence-electron chi connectivity index (χ3n) is 2.97. The van der Waals surface area contributed by atoms with E-state index < -0.39 is 6.10 Å². The smallest absolute Gasteiger partial charge is 0.108 e. The van der Waals surface area contributed by atoms with Gasteiger partial charge < -0.3 is 19.8 Å². The highest BCUT2D eigenvalue weighted by atomic mass is 16.5. The highest BCUT2D eigenvalue weighted by molar-refractivity contribution is 4.93. The zero-order chi connectivity index (χ0) is 12.4. The molecule has 0 saturated carbocycles. The molecule has 2 N–H and O–H groups in total. The van der Waals surface area contributed by atoms with Crippen molar-refractivity contribution in [3.63, 3.8) is 0 Å². The predicted octanol–water partition coefficient (Wildman–Crippen LogP) is -1.54. The fraction of sp³-hybridized carbons (Fsp3) is 0.800. The first kappa shape index (κ1) is 12.4. The Kier molecular flexibility index (Phi) is 3.72. The number of aromatic nitrogens is 3. The number of aliphatic hydroxyl groups is 2. The summed E-state index contributed by atoms with van der Waals surface area (Å²) < 4.78 is 7.17. The van der Waals surface area contributed by atoms with E-state index in [0.717, 1.165) is 0 Å². The molecule has 0 unspecified atom stereocenters. The molecule has 0 aromatic carbocycles. The van der Waals surface area contributed by atoms with Crippen molar-refractivity contribution in [2.24, 2.45) is 0 Å². The molecule has 2 heterocycles. The first-order valence-corrected chi connectivity index (χ1v) is 5.57. The van der Waals surface area contributed by atoms with Crippen molar-refractivity contribution in [1.82, 2.24) is 19.9 Å². The van der Waals surface area contributed by atoms with Crippen LogP contribution in [0, 0.1) is 0 Å². The molecule has 1 aliphatic heterocycles. The standard InChI is InChI=1S/C10H18N4O3/c1-13(2)10-8(16)6-17-9(10)4-14-3-7(5-15)11-12-14/h3,8-10,15-16H,4-6H2,1-2H3/t8-,9+,10+/m0/s1. The summed E-state index contributed by atoms with van der Waals surface area (Å²) in [6.07, 6.45) is 1.09. The van der Waals surface area contributed by atoms with Crippen molar-refractivity contribution >= 4 is 0 Å². The van der Waals surface area contributed by atoms with E-state index in [9.17, 15) is 5.11 Å². The molecule has 1 fully saturated rings. The lowest BCUT2D eigenvalue weighted by molar-refractivity contribution is 0.0600. The van der Waals surface area contributed by atoms with Crippen molar-refractivity contribution < 1.29 is 14.9 Å². The lowest BCUT2D eigenvalue weighted by atomic mass is 10.1. The molecule has 0 bridgehead atoms. The van der Waals surface area contributed by atoms with Gasteiger partial charge in [0.1, 0.15) is 5.69 Å². The maximum atomic E-state index is 9.81. The van der Waals surface area contributed by atoms with Crippen LogP contribution in [0.4, 0.5) is 0 Å². The van der Waals surface area contributed by atoms with Crippen molar-refractivity contribution in [2.45, 2.75) is 31.4 Å². The monoisotopic (exact) mass is 242 g/mol. The van der Waals surface area contributed by atoms with E-state index in [0.29, 0.717) is 18.8 Å². The van der Waals surface area contributed by atoms with Crippen LogP contribution in [0.2, 0.25) is 0 Å². The largest absolute Gasteiger partial charge is 0.390 e. The Morgan fingerprint density at radius 2 is 2.35 bits per heavy atom. The molecule has 0 aliphatic carbocycles. The van der Waals surface area contributed by atoms with Crippen LogP contribution in [-0.2, 0) is 17.9 Å². The van der Waals surface area contributed by atoms with E-state index in [-0.39, 0.29) is 18.8 Å². The van der Waals surface area contributed by atoms with Gasteiger partial charge in [0.2, 0.25) is 0 Å². The Morgan fingerprint density at radius 1 is 1.59 bits per heavy atom. The topological polar surface area (TPSA) is 83.6 Å². The average molecular weight is 242 g/mol. The highest BCUT2D eigenvalue weighted by Gasteiger charge is 2.37. The van der Waals surface area contributed by atoms with Gasteiger partial charge in [0.15, 0.2) is 0 Å². The number of ether oxygens (including phenoxy) is 1. The summed E-state index contributed by atoms with van der Waals surface area (Å²) >= 11 is 0. The molecule has 0 radical (unpaired) electrons. The fourth-order valence-corrected chi connectivity index (χ4v) is 2.19. The molecule has 0 amide bonds. The highest BCUT2D eigenvalue weighted by Crippen LogP contribution is 2.19. The molecule has 3 atom stereocenters. The summed E-state index contributed by atoms with van der Waals surface area (Å²) in [5.41, 5.74) is 0.532. The number of nitrogens with zero attached hydrogens (tertiary/aromatic N) is 4. The van der Waals surface area contributed by atoms with Gasteiger partial charge in [-0.15, -0.1) is 5.10 Å². The quantitative estimate of drug-likeness (QED) is 0.666. The van der Waals surface area contributed by atoms with E-state index in [4.69, 9.17) is 9.84 Å². The van der Waals surface area contributed by atoms with Gasteiger partial charge in [0.05, 0.1) is 44.2 Å². The van der Waals surface area contributed by atoms with Crippen molar-refractivity contribution in [2.75, 3.05) is 20.7 Å².